The average molecular weight is 372 g/mol. The number of imidazole rings is 1. The fraction of sp³-hybridized carbons (Fsp3) is 0.0714. The number of hydrogen-bond donors (Lipinski definition) is 2. The van der Waals surface area contributed by atoms with Crippen LogP contribution in [0, 0.1) is 0 Å². The minimum Gasteiger partial charge on any atom is -0.306 e. The highest BCUT2D eigenvalue weighted by atomic mass is 79.9. The molecule has 0 aliphatic rings. The number of halogens is 3. The van der Waals surface area contributed by atoms with Gasteiger partial charge in [0.2, 0.25) is 0 Å². The second-order valence-corrected chi connectivity index (χ2v) is 6.11. The van der Waals surface area contributed by atoms with E-state index >= 15 is 0 Å². The summed E-state index contributed by atoms with van der Waals surface area (Å²) in [4.78, 5) is 16.6. The van der Waals surface area contributed by atoms with Crippen LogP contribution in [-0.2, 0) is 0 Å². The Morgan fingerprint density at radius 2 is 1.65 bits per heavy atom. The molecule has 2 N–H and O–H groups in total. The molecule has 1 aromatic heterocycles. The van der Waals surface area contributed by atoms with E-state index in [0.717, 1.165) is 22.2 Å². The molecule has 0 radical (unpaired) electrons. The Kier molecular flexibility index (Phi) is 3.63. The third-order valence-corrected chi connectivity index (χ3v) is 4.73. The standard InChI is InChI=1S/C14H9BrCl2N2O/c15-13(12-8(16)2-1-3-9(12)17)7-4-5-10-11(6-7)19-14(20)18-10/h1-6,13H,(H2,18,19,20). The summed E-state index contributed by atoms with van der Waals surface area (Å²) in [5.41, 5.74) is 3.07. The number of nitrogens with one attached hydrogen (secondary N) is 2. The molecule has 1 atom stereocenters. The van der Waals surface area contributed by atoms with Gasteiger partial charge < -0.3 is 9.97 Å². The molecule has 0 spiro atoms. The van der Waals surface area contributed by atoms with E-state index in [0.29, 0.717) is 10.0 Å². The van der Waals surface area contributed by atoms with Gasteiger partial charge in [-0.1, -0.05) is 51.3 Å². The van der Waals surface area contributed by atoms with Crippen molar-refractivity contribution < 1.29 is 0 Å². The lowest BCUT2D eigenvalue weighted by molar-refractivity contribution is 1.18. The Morgan fingerprint density at radius 1 is 1.00 bits per heavy atom. The summed E-state index contributed by atoms with van der Waals surface area (Å²) in [5.74, 6) is 0. The minimum atomic E-state index is -0.223. The van der Waals surface area contributed by atoms with Crippen LogP contribution >= 0.6 is 39.1 Å². The first-order valence-electron chi connectivity index (χ1n) is 5.86. The van der Waals surface area contributed by atoms with Crippen LogP contribution in [0.2, 0.25) is 10.0 Å². The molecular formula is C14H9BrCl2N2O. The summed E-state index contributed by atoms with van der Waals surface area (Å²) < 4.78 is 0. The van der Waals surface area contributed by atoms with Gasteiger partial charge in [-0.15, -0.1) is 0 Å². The van der Waals surface area contributed by atoms with Crippen LogP contribution in [0.25, 0.3) is 11.0 Å². The van der Waals surface area contributed by atoms with E-state index in [4.69, 9.17) is 23.2 Å². The van der Waals surface area contributed by atoms with Gasteiger partial charge in [-0.3, -0.25) is 0 Å². The molecule has 3 rings (SSSR count). The number of benzene rings is 2. The van der Waals surface area contributed by atoms with Gasteiger partial charge in [0.25, 0.3) is 0 Å². The van der Waals surface area contributed by atoms with Crippen molar-refractivity contribution in [1.29, 1.82) is 0 Å². The van der Waals surface area contributed by atoms with E-state index in [2.05, 4.69) is 25.9 Å². The maximum absolute atomic E-state index is 11.3. The van der Waals surface area contributed by atoms with Crippen LogP contribution in [0.15, 0.2) is 41.2 Å². The van der Waals surface area contributed by atoms with Gasteiger partial charge in [0.15, 0.2) is 0 Å². The number of aromatic nitrogens is 2. The summed E-state index contributed by atoms with van der Waals surface area (Å²) in [6.07, 6.45) is 0. The quantitative estimate of drug-likeness (QED) is 0.633. The van der Waals surface area contributed by atoms with E-state index < -0.39 is 0 Å². The number of hydrogen-bond acceptors (Lipinski definition) is 1. The van der Waals surface area contributed by atoms with Crippen molar-refractivity contribution in [2.24, 2.45) is 0 Å². The van der Waals surface area contributed by atoms with Gasteiger partial charge in [-0.2, -0.15) is 0 Å². The highest BCUT2D eigenvalue weighted by Gasteiger charge is 2.17. The summed E-state index contributed by atoms with van der Waals surface area (Å²) >= 11 is 16.1. The predicted octanol–water partition coefficient (Wildman–Crippen LogP) is 4.65. The van der Waals surface area contributed by atoms with E-state index in [1.807, 2.05) is 18.2 Å². The Hall–Kier alpha value is -1.23. The van der Waals surface area contributed by atoms with Crippen molar-refractivity contribution >= 4 is 50.2 Å². The first-order valence-corrected chi connectivity index (χ1v) is 7.53. The molecule has 3 aromatic rings. The van der Waals surface area contributed by atoms with E-state index in [-0.39, 0.29) is 10.5 Å². The largest absolute Gasteiger partial charge is 0.323 e. The molecule has 0 fully saturated rings. The van der Waals surface area contributed by atoms with Gasteiger partial charge in [-0.05, 0) is 29.8 Å². The van der Waals surface area contributed by atoms with Crippen LogP contribution < -0.4 is 5.69 Å². The number of rotatable bonds is 2. The van der Waals surface area contributed by atoms with Gasteiger partial charge in [-0.25, -0.2) is 4.79 Å². The number of H-pyrrole nitrogens is 2. The molecule has 0 saturated heterocycles. The van der Waals surface area contributed by atoms with Crippen molar-refractivity contribution in [3.8, 4) is 0 Å². The zero-order chi connectivity index (χ0) is 14.3. The first-order chi connectivity index (χ1) is 9.56. The molecule has 1 heterocycles. The van der Waals surface area contributed by atoms with Gasteiger partial charge >= 0.3 is 5.69 Å². The highest BCUT2D eigenvalue weighted by Crippen LogP contribution is 2.39. The van der Waals surface area contributed by atoms with E-state index in [1.54, 1.807) is 18.2 Å². The van der Waals surface area contributed by atoms with Gasteiger partial charge in [0.05, 0.1) is 15.9 Å². The molecule has 3 nitrogen and oxygen atoms in total. The lowest BCUT2D eigenvalue weighted by Crippen LogP contribution is -1.99. The summed E-state index contributed by atoms with van der Waals surface area (Å²) in [6, 6.07) is 11.1. The first kappa shape index (κ1) is 13.7. The Balaban J connectivity index is 2.12. The van der Waals surface area contributed by atoms with Crippen LogP contribution in [0.4, 0.5) is 0 Å². The van der Waals surface area contributed by atoms with Crippen LogP contribution in [0.5, 0.6) is 0 Å². The van der Waals surface area contributed by atoms with Crippen molar-refractivity contribution in [2.45, 2.75) is 4.83 Å². The summed E-state index contributed by atoms with van der Waals surface area (Å²) in [5, 5.41) is 1.20. The third-order valence-electron chi connectivity index (χ3n) is 3.09. The Morgan fingerprint density at radius 3 is 2.35 bits per heavy atom. The molecule has 0 aliphatic carbocycles. The molecular weight excluding hydrogens is 363 g/mol. The molecule has 0 bridgehead atoms. The molecule has 1 unspecified atom stereocenters. The molecule has 20 heavy (non-hydrogen) atoms. The number of alkyl halides is 1. The SMILES string of the molecule is O=c1[nH]c2ccc(C(Br)c3c(Cl)cccc3Cl)cc2[nH]1. The maximum atomic E-state index is 11.3. The number of aromatic amines is 2. The molecule has 6 heteroatoms. The zero-order valence-electron chi connectivity index (χ0n) is 10.1. The van der Waals surface area contributed by atoms with E-state index in [9.17, 15) is 4.79 Å². The molecule has 102 valence electrons. The van der Waals surface area contributed by atoms with Crippen LogP contribution in [-0.4, -0.2) is 9.97 Å². The number of fused-ring (bicyclic) bond motifs is 1. The summed E-state index contributed by atoms with van der Waals surface area (Å²) in [7, 11) is 0. The second-order valence-electron chi connectivity index (χ2n) is 4.38. The smallest absolute Gasteiger partial charge is 0.306 e. The average Bonchev–Trinajstić information content (AvgIpc) is 2.77. The molecule has 0 amide bonds. The van der Waals surface area contributed by atoms with Crippen molar-refractivity contribution in [3.63, 3.8) is 0 Å². The Labute approximate surface area is 133 Å². The Bertz CT molecular complexity index is 820. The van der Waals surface area contributed by atoms with Crippen molar-refractivity contribution in [3.05, 3.63) is 68.1 Å². The second kappa shape index (κ2) is 5.28. The fourth-order valence-corrected chi connectivity index (χ4v) is 3.78. The molecule has 2 aromatic carbocycles. The van der Waals surface area contributed by atoms with E-state index in [1.165, 1.54) is 0 Å². The summed E-state index contributed by atoms with van der Waals surface area (Å²) in [6.45, 7) is 0. The van der Waals surface area contributed by atoms with Crippen LogP contribution in [0.3, 0.4) is 0 Å². The van der Waals surface area contributed by atoms with Crippen molar-refractivity contribution in [1.82, 2.24) is 9.97 Å². The zero-order valence-corrected chi connectivity index (χ0v) is 13.2. The highest BCUT2D eigenvalue weighted by molar-refractivity contribution is 9.09. The predicted molar refractivity (Wildman–Crippen MR) is 86.2 cm³/mol. The maximum Gasteiger partial charge on any atom is 0.323 e. The normalized spacial score (nSPS) is 12.8. The van der Waals surface area contributed by atoms with Crippen LogP contribution in [0.1, 0.15) is 16.0 Å². The lowest BCUT2D eigenvalue weighted by Gasteiger charge is -2.14. The fourth-order valence-electron chi connectivity index (χ4n) is 2.13. The lowest BCUT2D eigenvalue weighted by atomic mass is 10.0. The monoisotopic (exact) mass is 370 g/mol. The topological polar surface area (TPSA) is 48.6 Å². The minimum absolute atomic E-state index is 0.147. The van der Waals surface area contributed by atoms with Gasteiger partial charge in [0.1, 0.15) is 0 Å². The van der Waals surface area contributed by atoms with Gasteiger partial charge in [0, 0.05) is 15.6 Å². The molecule has 0 saturated carbocycles. The van der Waals surface area contributed by atoms with Crippen molar-refractivity contribution in [2.75, 3.05) is 0 Å². The third kappa shape index (κ3) is 2.39. The molecule has 0 aliphatic heterocycles.